The van der Waals surface area contributed by atoms with Crippen LogP contribution in [0.3, 0.4) is 0 Å². The molecule has 3 N–H and O–H groups in total. The fraction of sp³-hybridized carbons (Fsp3) is 0.350. The number of aliphatic hydroxyl groups excluding tert-OH is 1. The molecule has 0 saturated carbocycles. The molecule has 3 aromatic rings. The predicted molar refractivity (Wildman–Crippen MR) is 106 cm³/mol. The van der Waals surface area contributed by atoms with E-state index in [-0.39, 0.29) is 13.1 Å². The highest BCUT2D eigenvalue weighted by Crippen LogP contribution is 2.20. The quantitative estimate of drug-likeness (QED) is 0.538. The number of para-hydroxylation sites is 1. The van der Waals surface area contributed by atoms with E-state index < -0.39 is 0 Å². The van der Waals surface area contributed by atoms with Crippen molar-refractivity contribution in [2.45, 2.75) is 33.9 Å². The Labute approximate surface area is 164 Å². The summed E-state index contributed by atoms with van der Waals surface area (Å²) in [4.78, 5) is 18.1. The first kappa shape index (κ1) is 21.3. The third kappa shape index (κ3) is 5.51. The molecule has 0 atom stereocenters. The molecule has 2 aromatic heterocycles. The summed E-state index contributed by atoms with van der Waals surface area (Å²) in [5.74, 6) is 0.906. The number of nitrogens with one attached hydrogen (secondary N) is 1. The molecule has 8 heteroatoms. The van der Waals surface area contributed by atoms with Gasteiger partial charge in [-0.25, -0.2) is 9.67 Å². The van der Waals surface area contributed by atoms with Gasteiger partial charge in [0.1, 0.15) is 5.82 Å². The largest absolute Gasteiger partial charge is 0.483 e. The lowest BCUT2D eigenvalue weighted by molar-refractivity contribution is -0.122. The minimum atomic E-state index is -0.250. The number of rotatable bonds is 7. The molecule has 0 unspecified atom stereocenters. The Morgan fingerprint density at radius 3 is 2.43 bits per heavy atom. The molecule has 0 aliphatic rings. The van der Waals surface area contributed by atoms with Crippen molar-refractivity contribution in [3.05, 3.63) is 65.0 Å². The number of hydrogen-bond donors (Lipinski definition) is 3. The number of carbonyl (C=O) groups is 1. The third-order valence-electron chi connectivity index (χ3n) is 4.39. The zero-order valence-corrected chi connectivity index (χ0v) is 16.5. The van der Waals surface area contributed by atoms with Crippen molar-refractivity contribution in [2.24, 2.45) is 0 Å². The molecular weight excluding hydrogens is 358 g/mol. The number of aliphatic hydroxyl groups is 1. The molecule has 0 amide bonds. The molecule has 0 spiro atoms. The highest BCUT2D eigenvalue weighted by atomic mass is 16.3. The van der Waals surface area contributed by atoms with Gasteiger partial charge in [0, 0.05) is 42.8 Å². The maximum absolute atomic E-state index is 9.43. The van der Waals surface area contributed by atoms with Crippen LogP contribution in [0.2, 0.25) is 0 Å². The second kappa shape index (κ2) is 10.4. The smallest absolute Gasteiger partial charge is 0.290 e. The molecule has 0 radical (unpaired) electrons. The van der Waals surface area contributed by atoms with Gasteiger partial charge in [-0.3, -0.25) is 9.69 Å². The van der Waals surface area contributed by atoms with Crippen molar-refractivity contribution in [3.8, 4) is 5.69 Å². The summed E-state index contributed by atoms with van der Waals surface area (Å²) in [7, 11) is 0. The van der Waals surface area contributed by atoms with Crippen LogP contribution < -0.4 is 0 Å². The SMILES string of the molecule is Cc1ncc(CN(CCO)Cc2c(C)nn(-c3ccccc3)c2C)[nH]1.O=CO. The van der Waals surface area contributed by atoms with E-state index in [0.29, 0.717) is 6.54 Å². The van der Waals surface area contributed by atoms with E-state index >= 15 is 0 Å². The van der Waals surface area contributed by atoms with Gasteiger partial charge in [-0.2, -0.15) is 5.10 Å². The average molecular weight is 385 g/mol. The number of carboxylic acid groups (broad SMARTS) is 1. The molecule has 2 heterocycles. The van der Waals surface area contributed by atoms with Gasteiger partial charge in [0.2, 0.25) is 0 Å². The van der Waals surface area contributed by atoms with E-state index in [1.165, 1.54) is 5.56 Å². The van der Waals surface area contributed by atoms with E-state index in [4.69, 9.17) is 15.0 Å². The molecule has 0 bridgehead atoms. The Morgan fingerprint density at radius 2 is 1.86 bits per heavy atom. The van der Waals surface area contributed by atoms with Crippen LogP contribution in [0.25, 0.3) is 5.69 Å². The molecule has 8 nitrogen and oxygen atoms in total. The molecular formula is C20H27N5O3. The van der Waals surface area contributed by atoms with Crippen molar-refractivity contribution < 1.29 is 15.0 Å². The summed E-state index contributed by atoms with van der Waals surface area (Å²) in [6.45, 7) is 8.02. The van der Waals surface area contributed by atoms with Gasteiger partial charge in [0.15, 0.2) is 0 Å². The van der Waals surface area contributed by atoms with Gasteiger partial charge < -0.3 is 15.2 Å². The standard InChI is InChI=1S/C19H25N5O.CH2O2/c1-14-19(15(2)24(22-14)18-7-5-4-6-8-18)13-23(9-10-25)12-17-11-20-16(3)21-17;2-1-3/h4-8,11,25H,9-10,12-13H2,1-3H3,(H,20,21);1H,(H,2,3). The third-order valence-corrected chi connectivity index (χ3v) is 4.39. The number of aromatic nitrogens is 4. The van der Waals surface area contributed by atoms with Gasteiger partial charge in [0.25, 0.3) is 6.47 Å². The zero-order valence-electron chi connectivity index (χ0n) is 16.5. The van der Waals surface area contributed by atoms with Crippen LogP contribution in [0.15, 0.2) is 36.5 Å². The fourth-order valence-corrected chi connectivity index (χ4v) is 3.10. The Hall–Kier alpha value is -2.97. The van der Waals surface area contributed by atoms with Crippen LogP contribution in [0.4, 0.5) is 0 Å². The van der Waals surface area contributed by atoms with Crippen LogP contribution in [-0.2, 0) is 17.9 Å². The fourth-order valence-electron chi connectivity index (χ4n) is 3.10. The lowest BCUT2D eigenvalue weighted by Gasteiger charge is -2.21. The summed E-state index contributed by atoms with van der Waals surface area (Å²) in [6, 6.07) is 10.2. The Kier molecular flexibility index (Phi) is 7.91. The number of aryl methyl sites for hydroxylation is 2. The molecule has 150 valence electrons. The van der Waals surface area contributed by atoms with Crippen molar-refractivity contribution >= 4 is 6.47 Å². The molecule has 28 heavy (non-hydrogen) atoms. The number of nitrogens with zero attached hydrogens (tertiary/aromatic N) is 4. The van der Waals surface area contributed by atoms with E-state index in [1.54, 1.807) is 0 Å². The topological polar surface area (TPSA) is 107 Å². The zero-order chi connectivity index (χ0) is 20.5. The van der Waals surface area contributed by atoms with Gasteiger partial charge in [-0.15, -0.1) is 0 Å². The number of H-pyrrole nitrogens is 1. The first-order chi connectivity index (χ1) is 13.5. The van der Waals surface area contributed by atoms with E-state index in [9.17, 15) is 5.11 Å². The second-order valence-corrected chi connectivity index (χ2v) is 6.43. The van der Waals surface area contributed by atoms with Crippen LogP contribution in [0, 0.1) is 20.8 Å². The van der Waals surface area contributed by atoms with E-state index in [1.807, 2.05) is 42.9 Å². The summed E-state index contributed by atoms with van der Waals surface area (Å²) >= 11 is 0. The maximum Gasteiger partial charge on any atom is 0.290 e. The van der Waals surface area contributed by atoms with Crippen molar-refractivity contribution in [3.63, 3.8) is 0 Å². The molecule has 1 aromatic carbocycles. The minimum absolute atomic E-state index is 0.123. The number of aromatic amines is 1. The van der Waals surface area contributed by atoms with Gasteiger partial charge >= 0.3 is 0 Å². The van der Waals surface area contributed by atoms with E-state index in [0.717, 1.165) is 41.7 Å². The number of hydrogen-bond acceptors (Lipinski definition) is 5. The van der Waals surface area contributed by atoms with Gasteiger partial charge in [-0.05, 0) is 32.9 Å². The average Bonchev–Trinajstić information content (AvgIpc) is 3.21. The van der Waals surface area contributed by atoms with Crippen molar-refractivity contribution in [2.75, 3.05) is 13.2 Å². The lowest BCUT2D eigenvalue weighted by atomic mass is 10.1. The van der Waals surface area contributed by atoms with Crippen LogP contribution in [-0.4, -0.2) is 54.5 Å². The Bertz CT molecular complexity index is 873. The number of benzene rings is 1. The van der Waals surface area contributed by atoms with Crippen molar-refractivity contribution in [1.29, 1.82) is 0 Å². The molecule has 0 fully saturated rings. The van der Waals surface area contributed by atoms with Crippen molar-refractivity contribution in [1.82, 2.24) is 24.6 Å². The Morgan fingerprint density at radius 1 is 1.18 bits per heavy atom. The first-order valence-electron chi connectivity index (χ1n) is 9.02. The molecule has 3 rings (SSSR count). The highest BCUT2D eigenvalue weighted by molar-refractivity contribution is 5.37. The van der Waals surface area contributed by atoms with Crippen LogP contribution >= 0.6 is 0 Å². The number of imidazole rings is 1. The lowest BCUT2D eigenvalue weighted by Crippen LogP contribution is -2.26. The summed E-state index contributed by atoms with van der Waals surface area (Å²) in [5.41, 5.74) is 5.47. The van der Waals surface area contributed by atoms with Crippen LogP contribution in [0.1, 0.15) is 28.5 Å². The normalized spacial score (nSPS) is 10.6. The molecule has 0 saturated heterocycles. The summed E-state index contributed by atoms with van der Waals surface area (Å²) in [6.07, 6.45) is 1.85. The van der Waals surface area contributed by atoms with Crippen LogP contribution in [0.5, 0.6) is 0 Å². The Balaban J connectivity index is 0.000000878. The van der Waals surface area contributed by atoms with E-state index in [2.05, 4.69) is 33.9 Å². The molecule has 0 aliphatic heterocycles. The van der Waals surface area contributed by atoms with Gasteiger partial charge in [0.05, 0.1) is 18.0 Å². The second-order valence-electron chi connectivity index (χ2n) is 6.43. The summed E-state index contributed by atoms with van der Waals surface area (Å²) < 4.78 is 1.99. The monoisotopic (exact) mass is 385 g/mol. The summed E-state index contributed by atoms with van der Waals surface area (Å²) in [5, 5.41) is 21.0. The van der Waals surface area contributed by atoms with Gasteiger partial charge in [-0.1, -0.05) is 18.2 Å². The molecule has 0 aliphatic carbocycles. The minimum Gasteiger partial charge on any atom is -0.483 e. The highest BCUT2D eigenvalue weighted by Gasteiger charge is 2.16. The maximum atomic E-state index is 9.43. The predicted octanol–water partition coefficient (Wildman–Crippen LogP) is 2.22. The first-order valence-corrected chi connectivity index (χ1v) is 9.02.